The minimum atomic E-state index is -0.355. The summed E-state index contributed by atoms with van der Waals surface area (Å²) in [4.78, 5) is 28.7. The van der Waals surface area contributed by atoms with E-state index in [-0.39, 0.29) is 23.7 Å². The molecule has 0 radical (unpaired) electrons. The molecule has 0 saturated heterocycles. The first kappa shape index (κ1) is 19.9. The first-order valence-corrected chi connectivity index (χ1v) is 8.45. The molecule has 0 bridgehead atoms. The maximum absolute atomic E-state index is 12.4. The molecule has 0 fully saturated rings. The number of hydrogen-bond donors (Lipinski definition) is 1. The molecule has 1 unspecified atom stereocenters. The second-order valence-electron chi connectivity index (χ2n) is 6.59. The third-order valence-corrected chi connectivity index (χ3v) is 4.52. The van der Waals surface area contributed by atoms with E-state index in [4.69, 9.17) is 0 Å². The summed E-state index contributed by atoms with van der Waals surface area (Å²) in [7, 11) is 3.14. The van der Waals surface area contributed by atoms with Crippen molar-refractivity contribution in [1.82, 2.24) is 18.7 Å². The van der Waals surface area contributed by atoms with Gasteiger partial charge in [0, 0.05) is 32.1 Å². The number of hydrogen-bond acceptors (Lipinski definition) is 3. The average Bonchev–Trinajstić information content (AvgIpc) is 3.02. The maximum Gasteiger partial charge on any atom is 0.332 e. The van der Waals surface area contributed by atoms with Crippen LogP contribution < -0.4 is 29.0 Å². The summed E-state index contributed by atoms with van der Waals surface area (Å²) >= 11 is 0. The number of halogens is 1. The molecule has 0 amide bonds. The Morgan fingerprint density at radius 2 is 1.81 bits per heavy atom. The highest BCUT2D eigenvalue weighted by atomic mass is 35.5. The summed E-state index contributed by atoms with van der Waals surface area (Å²) in [6.07, 6.45) is 1.65. The van der Waals surface area contributed by atoms with E-state index in [2.05, 4.69) is 29.4 Å². The maximum atomic E-state index is 12.4. The van der Waals surface area contributed by atoms with Crippen molar-refractivity contribution in [3.63, 3.8) is 0 Å². The Hall–Kier alpha value is -2.38. The van der Waals surface area contributed by atoms with Crippen LogP contribution >= 0.6 is 0 Å². The van der Waals surface area contributed by atoms with Crippen LogP contribution in [0, 0.1) is 5.92 Å². The fourth-order valence-electron chi connectivity index (χ4n) is 3.09. The summed E-state index contributed by atoms with van der Waals surface area (Å²) < 4.78 is 4.41. The van der Waals surface area contributed by atoms with Gasteiger partial charge in [-0.15, -0.1) is 0 Å². The second kappa shape index (κ2) is 8.33. The second-order valence-corrected chi connectivity index (χ2v) is 6.59. The standard InChI is InChI=1S/C18H23N5O2.ClH/c1-13(9-19-10-14-7-5-4-6-8-14)11-23-12-20-16-15(23)17(24)22(3)18(25)21(16)2;/h4-8,12-13,19H,9-11H2,1-3H3;1H. The van der Waals surface area contributed by atoms with Crippen molar-refractivity contribution in [2.24, 2.45) is 20.0 Å². The number of imidazole rings is 1. The largest absolute Gasteiger partial charge is 1.00 e. The molecular weight excluding hydrogens is 354 g/mol. The first-order chi connectivity index (χ1) is 12.0. The van der Waals surface area contributed by atoms with Gasteiger partial charge in [0.15, 0.2) is 11.2 Å². The molecule has 1 atom stereocenters. The number of aryl methyl sites for hydroxylation is 1. The van der Waals surface area contributed by atoms with Crippen LogP contribution in [0.3, 0.4) is 0 Å². The van der Waals surface area contributed by atoms with E-state index in [9.17, 15) is 9.59 Å². The van der Waals surface area contributed by atoms with Gasteiger partial charge in [-0.1, -0.05) is 37.3 Å². The predicted molar refractivity (Wildman–Crippen MR) is 96.3 cm³/mol. The molecule has 1 aromatic carbocycles. The normalized spacial score (nSPS) is 12.1. The van der Waals surface area contributed by atoms with Crippen LogP contribution in [0.2, 0.25) is 0 Å². The quantitative estimate of drug-likeness (QED) is 0.492. The van der Waals surface area contributed by atoms with E-state index in [1.165, 1.54) is 17.2 Å². The molecule has 0 spiro atoms. The van der Waals surface area contributed by atoms with Crippen molar-refractivity contribution in [1.29, 1.82) is 0 Å². The van der Waals surface area contributed by atoms with Gasteiger partial charge in [-0.05, 0) is 0 Å². The fourth-order valence-corrected chi connectivity index (χ4v) is 3.09. The van der Waals surface area contributed by atoms with Gasteiger partial charge in [-0.25, -0.2) is 9.78 Å². The zero-order chi connectivity index (χ0) is 18.0. The molecule has 2 heterocycles. The Balaban J connectivity index is 0.00000243. The number of quaternary nitrogens is 1. The Labute approximate surface area is 157 Å². The summed E-state index contributed by atoms with van der Waals surface area (Å²) in [5, 5.41) is 2.27. The van der Waals surface area contributed by atoms with Crippen LogP contribution in [0.25, 0.3) is 11.2 Å². The van der Waals surface area contributed by atoms with Crippen LogP contribution in [0.15, 0.2) is 46.2 Å². The smallest absolute Gasteiger partial charge is 0.332 e. The van der Waals surface area contributed by atoms with Crippen molar-refractivity contribution in [2.75, 3.05) is 6.54 Å². The fraction of sp³-hybridized carbons (Fsp3) is 0.389. The highest BCUT2D eigenvalue weighted by Gasteiger charge is 2.16. The van der Waals surface area contributed by atoms with Gasteiger partial charge >= 0.3 is 5.69 Å². The average molecular weight is 378 g/mol. The van der Waals surface area contributed by atoms with Gasteiger partial charge in [-0.3, -0.25) is 13.9 Å². The van der Waals surface area contributed by atoms with Crippen LogP contribution in [-0.2, 0) is 27.2 Å². The predicted octanol–water partition coefficient (Wildman–Crippen LogP) is -3.16. The van der Waals surface area contributed by atoms with Crippen molar-refractivity contribution < 1.29 is 17.7 Å². The van der Waals surface area contributed by atoms with Crippen LogP contribution in [0.1, 0.15) is 12.5 Å². The molecule has 0 aliphatic rings. The van der Waals surface area contributed by atoms with Crippen LogP contribution in [-0.4, -0.2) is 25.2 Å². The van der Waals surface area contributed by atoms with E-state index < -0.39 is 0 Å². The van der Waals surface area contributed by atoms with E-state index in [1.54, 1.807) is 13.4 Å². The zero-order valence-corrected chi connectivity index (χ0v) is 16.0. The van der Waals surface area contributed by atoms with Gasteiger partial charge in [-0.2, -0.15) is 0 Å². The Bertz CT molecular complexity index is 990. The summed E-state index contributed by atoms with van der Waals surface area (Å²) in [6, 6.07) is 10.3. The third kappa shape index (κ3) is 3.89. The van der Waals surface area contributed by atoms with E-state index >= 15 is 0 Å². The van der Waals surface area contributed by atoms with Crippen LogP contribution in [0.5, 0.6) is 0 Å². The number of nitrogens with two attached hydrogens (primary N) is 1. The number of benzene rings is 1. The lowest BCUT2D eigenvalue weighted by molar-refractivity contribution is -0.675. The van der Waals surface area contributed by atoms with E-state index in [0.29, 0.717) is 23.6 Å². The van der Waals surface area contributed by atoms with Crippen molar-refractivity contribution in [3.05, 3.63) is 63.1 Å². The van der Waals surface area contributed by atoms with Crippen LogP contribution in [0.4, 0.5) is 0 Å². The topological polar surface area (TPSA) is 78.4 Å². The van der Waals surface area contributed by atoms with Gasteiger partial charge in [0.05, 0.1) is 12.9 Å². The van der Waals surface area contributed by atoms with E-state index in [0.717, 1.165) is 17.7 Å². The first-order valence-electron chi connectivity index (χ1n) is 8.45. The molecule has 3 rings (SSSR count). The molecule has 0 saturated carbocycles. The lowest BCUT2D eigenvalue weighted by atomic mass is 10.1. The Morgan fingerprint density at radius 3 is 2.50 bits per heavy atom. The molecule has 26 heavy (non-hydrogen) atoms. The highest BCUT2D eigenvalue weighted by Crippen LogP contribution is 2.08. The van der Waals surface area contributed by atoms with Crippen molar-refractivity contribution in [2.45, 2.75) is 20.0 Å². The molecule has 3 aromatic rings. The molecule has 7 nitrogen and oxygen atoms in total. The summed E-state index contributed by atoms with van der Waals surface area (Å²) in [5.74, 6) is 0.364. The minimum Gasteiger partial charge on any atom is -1.00 e. The SMILES string of the molecule is CC(C[NH2+]Cc1ccccc1)Cn1cnc2c1c(=O)n(C)c(=O)n2C.[Cl-]. The number of fused-ring (bicyclic) bond motifs is 1. The molecule has 0 aliphatic carbocycles. The Kier molecular flexibility index (Phi) is 6.39. The number of rotatable bonds is 6. The Morgan fingerprint density at radius 1 is 1.12 bits per heavy atom. The molecule has 0 aliphatic heterocycles. The molecule has 2 N–H and O–H groups in total. The molecule has 8 heteroatoms. The lowest BCUT2D eigenvalue weighted by Crippen LogP contribution is -3.00. The zero-order valence-electron chi connectivity index (χ0n) is 15.2. The highest BCUT2D eigenvalue weighted by molar-refractivity contribution is 5.69. The minimum absolute atomic E-state index is 0. The molecule has 2 aromatic heterocycles. The monoisotopic (exact) mass is 377 g/mol. The van der Waals surface area contributed by atoms with Gasteiger partial charge in [0.25, 0.3) is 5.56 Å². The summed E-state index contributed by atoms with van der Waals surface area (Å²) in [5.41, 5.74) is 1.57. The number of aromatic nitrogens is 4. The number of nitrogens with zero attached hydrogens (tertiary/aromatic N) is 4. The summed E-state index contributed by atoms with van der Waals surface area (Å²) in [6.45, 7) is 4.72. The molecular formula is C18H24ClN5O2. The van der Waals surface area contributed by atoms with E-state index in [1.807, 2.05) is 22.8 Å². The van der Waals surface area contributed by atoms with Gasteiger partial charge in [0.1, 0.15) is 6.54 Å². The van der Waals surface area contributed by atoms with Crippen molar-refractivity contribution >= 4 is 11.2 Å². The van der Waals surface area contributed by atoms with Crippen molar-refractivity contribution in [3.8, 4) is 0 Å². The molecule has 140 valence electrons. The lowest BCUT2D eigenvalue weighted by Gasteiger charge is -2.12. The van der Waals surface area contributed by atoms with Gasteiger partial charge < -0.3 is 22.3 Å². The third-order valence-electron chi connectivity index (χ3n) is 4.52. The van der Waals surface area contributed by atoms with Gasteiger partial charge in [0.2, 0.25) is 0 Å².